The van der Waals surface area contributed by atoms with E-state index in [9.17, 15) is 19.2 Å². The molecule has 2 aromatic carbocycles. The Balaban J connectivity index is 1.35. The summed E-state index contributed by atoms with van der Waals surface area (Å²) in [6.45, 7) is 3.37. The number of hydrogen-bond donors (Lipinski definition) is 0. The lowest BCUT2D eigenvalue weighted by atomic mass is 9.85. The molecule has 0 radical (unpaired) electrons. The zero-order valence-corrected chi connectivity index (χ0v) is 22.4. The fourth-order valence-corrected chi connectivity index (χ4v) is 6.75. The number of fused-ring (bicyclic) bond motifs is 2. The lowest BCUT2D eigenvalue weighted by Gasteiger charge is -2.41. The van der Waals surface area contributed by atoms with Gasteiger partial charge in [-0.2, -0.15) is 0 Å². The number of benzene rings is 2. The van der Waals surface area contributed by atoms with Gasteiger partial charge in [-0.15, -0.1) is 0 Å². The largest absolute Gasteiger partial charge is 0.488 e. The van der Waals surface area contributed by atoms with E-state index in [4.69, 9.17) is 4.74 Å². The smallest absolute Gasteiger partial charge is 0.261 e. The first-order valence-corrected chi connectivity index (χ1v) is 14.2. The number of carbonyl (C=O) groups excluding carboxylic acids is 4. The molecule has 1 saturated carbocycles. The molecule has 0 aromatic heterocycles. The van der Waals surface area contributed by atoms with E-state index in [1.54, 1.807) is 36.1 Å². The molecule has 6 rings (SSSR count). The van der Waals surface area contributed by atoms with Crippen molar-refractivity contribution in [2.45, 2.75) is 64.0 Å². The van der Waals surface area contributed by atoms with Crippen molar-refractivity contribution in [3.8, 4) is 5.75 Å². The second-order valence-corrected chi connectivity index (χ2v) is 11.2. The van der Waals surface area contributed by atoms with Gasteiger partial charge in [-0.1, -0.05) is 43.5 Å². The molecule has 1 aliphatic carbocycles. The number of amides is 4. The van der Waals surface area contributed by atoms with Crippen molar-refractivity contribution >= 4 is 23.6 Å². The maximum atomic E-state index is 14.0. The molecule has 4 amide bonds. The maximum Gasteiger partial charge on any atom is 0.261 e. The number of likely N-dealkylation sites (tertiary alicyclic amines) is 1. The van der Waals surface area contributed by atoms with Gasteiger partial charge in [0.05, 0.1) is 30.3 Å². The van der Waals surface area contributed by atoms with Crippen LogP contribution in [0.2, 0.25) is 0 Å². The molecule has 0 spiro atoms. The first-order valence-electron chi connectivity index (χ1n) is 14.2. The van der Waals surface area contributed by atoms with E-state index in [1.807, 2.05) is 17.0 Å². The third-order valence-electron chi connectivity index (χ3n) is 8.84. The highest BCUT2D eigenvalue weighted by Crippen LogP contribution is 2.41. The summed E-state index contributed by atoms with van der Waals surface area (Å²) in [4.78, 5) is 57.6. The Kier molecular flexibility index (Phi) is 6.87. The molecule has 39 heavy (non-hydrogen) atoms. The van der Waals surface area contributed by atoms with E-state index >= 15 is 0 Å². The summed E-state index contributed by atoms with van der Waals surface area (Å²) < 4.78 is 6.52. The fraction of sp³-hybridized carbons (Fsp3) is 0.484. The summed E-state index contributed by atoms with van der Waals surface area (Å²) >= 11 is 0. The molecule has 2 atom stereocenters. The van der Waals surface area contributed by atoms with Gasteiger partial charge in [0, 0.05) is 37.9 Å². The van der Waals surface area contributed by atoms with E-state index < -0.39 is 6.04 Å². The van der Waals surface area contributed by atoms with E-state index in [1.165, 1.54) is 4.90 Å². The molecule has 3 heterocycles. The number of ether oxygens (including phenoxy) is 1. The minimum absolute atomic E-state index is 0.0305. The van der Waals surface area contributed by atoms with Crippen molar-refractivity contribution in [3.63, 3.8) is 0 Å². The van der Waals surface area contributed by atoms with Crippen LogP contribution < -0.4 is 4.74 Å². The molecule has 1 saturated heterocycles. The van der Waals surface area contributed by atoms with Crippen molar-refractivity contribution in [3.05, 3.63) is 64.7 Å². The van der Waals surface area contributed by atoms with Crippen molar-refractivity contribution < 1.29 is 23.9 Å². The van der Waals surface area contributed by atoms with Crippen molar-refractivity contribution in [2.24, 2.45) is 5.92 Å². The molecule has 4 aliphatic rings. The van der Waals surface area contributed by atoms with Gasteiger partial charge >= 0.3 is 0 Å². The van der Waals surface area contributed by atoms with Crippen LogP contribution in [-0.4, -0.2) is 70.6 Å². The molecule has 8 heteroatoms. The van der Waals surface area contributed by atoms with Crippen molar-refractivity contribution in [1.29, 1.82) is 0 Å². The van der Waals surface area contributed by atoms with Crippen LogP contribution in [0.4, 0.5) is 0 Å². The Bertz CT molecular complexity index is 1280. The Morgan fingerprint density at radius 1 is 0.897 bits per heavy atom. The molecule has 204 valence electrons. The Labute approximate surface area is 228 Å². The van der Waals surface area contributed by atoms with Crippen LogP contribution in [0.3, 0.4) is 0 Å². The molecule has 0 unspecified atom stereocenters. The molecule has 0 N–H and O–H groups in total. The summed E-state index contributed by atoms with van der Waals surface area (Å²) in [6.07, 6.45) is 6.28. The minimum Gasteiger partial charge on any atom is -0.488 e. The number of rotatable bonds is 5. The topological polar surface area (TPSA) is 87.2 Å². The van der Waals surface area contributed by atoms with Crippen LogP contribution in [0.5, 0.6) is 5.75 Å². The van der Waals surface area contributed by atoms with E-state index in [2.05, 4.69) is 6.07 Å². The zero-order valence-electron chi connectivity index (χ0n) is 22.4. The SMILES string of the molecule is CC(=O)N1CC[C@H](Oc2cccc3c2[C@@H](CN2C(=O)c4ccccc4C2=O)N(C(=O)C2CCCCC2)CC3)C1. The van der Waals surface area contributed by atoms with Gasteiger partial charge in [-0.25, -0.2) is 0 Å². The average molecular weight is 530 g/mol. The average Bonchev–Trinajstić information content (AvgIpc) is 3.52. The van der Waals surface area contributed by atoms with Gasteiger partial charge in [-0.3, -0.25) is 24.1 Å². The summed E-state index contributed by atoms with van der Waals surface area (Å²) in [5, 5.41) is 0. The lowest BCUT2D eigenvalue weighted by Crippen LogP contribution is -2.48. The van der Waals surface area contributed by atoms with Gasteiger partial charge in [-0.05, 0) is 43.0 Å². The first-order chi connectivity index (χ1) is 18.9. The highest BCUT2D eigenvalue weighted by atomic mass is 16.5. The molecular weight excluding hydrogens is 494 g/mol. The lowest BCUT2D eigenvalue weighted by molar-refractivity contribution is -0.140. The van der Waals surface area contributed by atoms with Crippen molar-refractivity contribution in [1.82, 2.24) is 14.7 Å². The zero-order chi connectivity index (χ0) is 27.1. The van der Waals surface area contributed by atoms with E-state index in [0.717, 1.165) is 49.7 Å². The standard InChI is InChI=1S/C31H35N3O5/c1-20(35)32-16-15-23(18-32)39-27-13-7-10-21-14-17-33(29(36)22-8-3-2-4-9-22)26(28(21)27)19-34-30(37)24-11-5-6-12-25(24)31(34)38/h5-7,10-13,22-23,26H,2-4,8-9,14-19H2,1H3/t23-,26+/m0/s1. The van der Waals surface area contributed by atoms with Gasteiger partial charge in [0.15, 0.2) is 0 Å². The first kappa shape index (κ1) is 25.6. The van der Waals surface area contributed by atoms with Gasteiger partial charge in [0.1, 0.15) is 11.9 Å². The second-order valence-electron chi connectivity index (χ2n) is 11.2. The van der Waals surface area contributed by atoms with Gasteiger partial charge in [0.2, 0.25) is 11.8 Å². The Morgan fingerprint density at radius 3 is 2.28 bits per heavy atom. The molecule has 8 nitrogen and oxygen atoms in total. The number of carbonyl (C=O) groups is 4. The monoisotopic (exact) mass is 529 g/mol. The van der Waals surface area contributed by atoms with Crippen molar-refractivity contribution in [2.75, 3.05) is 26.2 Å². The van der Waals surface area contributed by atoms with Crippen LogP contribution in [-0.2, 0) is 16.0 Å². The second kappa shape index (κ2) is 10.5. The predicted molar refractivity (Wildman–Crippen MR) is 144 cm³/mol. The predicted octanol–water partition coefficient (Wildman–Crippen LogP) is 3.99. The third-order valence-corrected chi connectivity index (χ3v) is 8.84. The quantitative estimate of drug-likeness (QED) is 0.547. The number of nitrogens with zero attached hydrogens (tertiary/aromatic N) is 3. The highest BCUT2D eigenvalue weighted by Gasteiger charge is 2.43. The number of imide groups is 1. The van der Waals surface area contributed by atoms with E-state index in [0.29, 0.717) is 42.9 Å². The maximum absolute atomic E-state index is 14.0. The Morgan fingerprint density at radius 2 is 1.62 bits per heavy atom. The van der Waals surface area contributed by atoms with E-state index in [-0.39, 0.29) is 42.2 Å². The van der Waals surface area contributed by atoms with Crippen LogP contribution in [0.15, 0.2) is 42.5 Å². The van der Waals surface area contributed by atoms with Crippen LogP contribution >= 0.6 is 0 Å². The van der Waals surface area contributed by atoms with Gasteiger partial charge < -0.3 is 14.5 Å². The fourth-order valence-electron chi connectivity index (χ4n) is 6.75. The van der Waals surface area contributed by atoms with Crippen LogP contribution in [0, 0.1) is 5.92 Å². The van der Waals surface area contributed by atoms with Crippen LogP contribution in [0.25, 0.3) is 0 Å². The normalized spacial score (nSPS) is 23.2. The minimum atomic E-state index is -0.494. The highest BCUT2D eigenvalue weighted by molar-refractivity contribution is 6.21. The molecule has 0 bridgehead atoms. The third kappa shape index (κ3) is 4.70. The van der Waals surface area contributed by atoms with Crippen LogP contribution in [0.1, 0.15) is 83.3 Å². The molecular formula is C31H35N3O5. The summed E-state index contributed by atoms with van der Waals surface area (Å²) in [6, 6.07) is 12.3. The molecule has 3 aliphatic heterocycles. The molecule has 2 fully saturated rings. The summed E-state index contributed by atoms with van der Waals surface area (Å²) in [7, 11) is 0. The number of hydrogen-bond acceptors (Lipinski definition) is 5. The summed E-state index contributed by atoms with van der Waals surface area (Å²) in [5.41, 5.74) is 2.76. The van der Waals surface area contributed by atoms with Gasteiger partial charge in [0.25, 0.3) is 11.8 Å². The molecule has 2 aromatic rings. The Hall–Kier alpha value is -3.68. The summed E-state index contributed by atoms with van der Waals surface area (Å²) in [5.74, 6) is 0.144.